The number of hydrogen-bond donors (Lipinski definition) is 2. The van der Waals surface area contributed by atoms with Gasteiger partial charge in [0.25, 0.3) is 0 Å². The maximum Gasteiger partial charge on any atom is 0.416 e. The van der Waals surface area contributed by atoms with Gasteiger partial charge in [0.1, 0.15) is 11.9 Å². The molecule has 0 spiro atoms. The smallest absolute Gasteiger partial charge is 0.393 e. The van der Waals surface area contributed by atoms with Crippen LogP contribution < -0.4 is 0 Å². The van der Waals surface area contributed by atoms with Crippen molar-refractivity contribution in [1.82, 2.24) is 24.6 Å². The Hall–Kier alpha value is -3.50. The molecule has 36 heavy (non-hydrogen) atoms. The Balaban J connectivity index is 1.38. The molecule has 0 fully saturated rings. The van der Waals surface area contributed by atoms with Crippen molar-refractivity contribution in [2.24, 2.45) is 0 Å². The summed E-state index contributed by atoms with van der Waals surface area (Å²) in [6.07, 6.45) is 0.688. The first-order valence-corrected chi connectivity index (χ1v) is 11.6. The summed E-state index contributed by atoms with van der Waals surface area (Å²) < 4.78 is 40.9. The zero-order valence-electron chi connectivity index (χ0n) is 19.9. The van der Waals surface area contributed by atoms with Crippen molar-refractivity contribution in [1.29, 1.82) is 0 Å². The van der Waals surface area contributed by atoms with Crippen LogP contribution in [0.5, 0.6) is 0 Å². The Bertz CT molecular complexity index is 1420. The van der Waals surface area contributed by atoms with Gasteiger partial charge >= 0.3 is 6.18 Å². The third kappa shape index (κ3) is 4.10. The highest BCUT2D eigenvalue weighted by Gasteiger charge is 2.32. The fourth-order valence-corrected chi connectivity index (χ4v) is 4.98. The molecule has 2 unspecified atom stereocenters. The van der Waals surface area contributed by atoms with Crippen LogP contribution in [-0.2, 0) is 12.7 Å². The Morgan fingerprint density at radius 2 is 2.00 bits per heavy atom. The molecule has 0 amide bonds. The van der Waals surface area contributed by atoms with Crippen LogP contribution in [0.1, 0.15) is 53.7 Å². The molecule has 3 aromatic rings. The Morgan fingerprint density at radius 3 is 2.69 bits per heavy atom. The molecule has 3 heterocycles. The second-order valence-corrected chi connectivity index (χ2v) is 9.21. The van der Waals surface area contributed by atoms with E-state index in [-0.39, 0.29) is 5.92 Å². The molecular formula is C26H26F3N5O2. The van der Waals surface area contributed by atoms with E-state index in [0.717, 1.165) is 40.4 Å². The lowest BCUT2D eigenvalue weighted by atomic mass is 9.91. The topological polar surface area (TPSA) is 87.3 Å². The number of alkyl halides is 3. The van der Waals surface area contributed by atoms with Crippen molar-refractivity contribution in [3.63, 3.8) is 0 Å². The summed E-state index contributed by atoms with van der Waals surface area (Å²) in [6.45, 7) is 9.05. The minimum Gasteiger partial charge on any atom is -0.393 e. The molecule has 0 bridgehead atoms. The van der Waals surface area contributed by atoms with Crippen LogP contribution in [0, 0.1) is 6.92 Å². The van der Waals surface area contributed by atoms with Crippen molar-refractivity contribution in [2.45, 2.75) is 45.0 Å². The number of aliphatic hydroxyl groups excluding tert-OH is 2. The van der Waals surface area contributed by atoms with Gasteiger partial charge in [0.05, 0.1) is 41.3 Å². The number of aliphatic hydroxyl groups is 2. The first-order chi connectivity index (χ1) is 17.1. The molecule has 0 saturated heterocycles. The summed E-state index contributed by atoms with van der Waals surface area (Å²) in [5, 5.41) is 24.3. The molecule has 10 heteroatoms. The van der Waals surface area contributed by atoms with Crippen molar-refractivity contribution < 1.29 is 23.4 Å². The van der Waals surface area contributed by atoms with Gasteiger partial charge in [0, 0.05) is 35.3 Å². The summed E-state index contributed by atoms with van der Waals surface area (Å²) in [7, 11) is 0. The maximum atomic E-state index is 13.0. The molecule has 2 N–H and O–H groups in total. The van der Waals surface area contributed by atoms with Gasteiger partial charge in [0.2, 0.25) is 0 Å². The normalized spacial score (nSPS) is 19.2. The zero-order valence-corrected chi connectivity index (χ0v) is 19.9. The molecule has 2 aliphatic rings. The molecular weight excluding hydrogens is 471 g/mol. The van der Waals surface area contributed by atoms with Crippen molar-refractivity contribution in [3.05, 3.63) is 82.7 Å². The molecule has 5 rings (SSSR count). The van der Waals surface area contributed by atoms with E-state index in [1.165, 1.54) is 12.3 Å². The van der Waals surface area contributed by atoms with Crippen LogP contribution in [0.15, 0.2) is 54.4 Å². The molecule has 1 aliphatic heterocycles. The van der Waals surface area contributed by atoms with Gasteiger partial charge in [-0.25, -0.2) is 9.97 Å². The van der Waals surface area contributed by atoms with Crippen molar-refractivity contribution in [3.8, 4) is 0 Å². The van der Waals surface area contributed by atoms with Gasteiger partial charge in [-0.15, -0.1) is 0 Å². The Morgan fingerprint density at radius 1 is 1.22 bits per heavy atom. The average Bonchev–Trinajstić information content (AvgIpc) is 3.20. The van der Waals surface area contributed by atoms with Gasteiger partial charge in [-0.2, -0.15) is 18.3 Å². The van der Waals surface area contributed by atoms with E-state index in [1.807, 2.05) is 30.7 Å². The second-order valence-electron chi connectivity index (χ2n) is 9.21. The predicted octanol–water partition coefficient (Wildman–Crippen LogP) is 4.48. The van der Waals surface area contributed by atoms with Gasteiger partial charge in [0.15, 0.2) is 0 Å². The molecule has 2 aromatic heterocycles. The van der Waals surface area contributed by atoms with Crippen LogP contribution in [0.4, 0.5) is 13.2 Å². The number of fused-ring (bicyclic) bond motifs is 2. The third-order valence-electron chi connectivity index (χ3n) is 6.85. The highest BCUT2D eigenvalue weighted by atomic mass is 19.4. The summed E-state index contributed by atoms with van der Waals surface area (Å²) in [6, 6.07) is 3.49. The van der Waals surface area contributed by atoms with E-state index >= 15 is 0 Å². The first kappa shape index (κ1) is 24.2. The van der Waals surface area contributed by atoms with Gasteiger partial charge in [-0.3, -0.25) is 4.68 Å². The lowest BCUT2D eigenvalue weighted by Crippen LogP contribution is -2.33. The lowest BCUT2D eigenvalue weighted by molar-refractivity contribution is -0.137. The van der Waals surface area contributed by atoms with E-state index in [1.54, 1.807) is 0 Å². The molecule has 0 radical (unpaired) electrons. The van der Waals surface area contributed by atoms with Crippen LogP contribution in [0.25, 0.3) is 16.6 Å². The largest absolute Gasteiger partial charge is 0.416 e. The highest BCUT2D eigenvalue weighted by Crippen LogP contribution is 2.38. The molecule has 1 aromatic carbocycles. The van der Waals surface area contributed by atoms with Gasteiger partial charge in [-0.1, -0.05) is 12.7 Å². The minimum atomic E-state index is -4.41. The number of hydrogen-bond acceptors (Lipinski definition) is 6. The fraction of sp³-hybridized carbons (Fsp3) is 0.346. The highest BCUT2D eigenvalue weighted by molar-refractivity contribution is 5.78. The molecule has 188 valence electrons. The lowest BCUT2D eigenvalue weighted by Gasteiger charge is -2.35. The van der Waals surface area contributed by atoms with Crippen LogP contribution in [-0.4, -0.2) is 48.0 Å². The summed E-state index contributed by atoms with van der Waals surface area (Å²) in [4.78, 5) is 11.0. The monoisotopic (exact) mass is 497 g/mol. The Kier molecular flexibility index (Phi) is 5.96. The molecule has 1 aliphatic carbocycles. The number of aromatic nitrogens is 4. The van der Waals surface area contributed by atoms with E-state index in [0.29, 0.717) is 41.9 Å². The van der Waals surface area contributed by atoms with Crippen molar-refractivity contribution >= 4 is 16.6 Å². The van der Waals surface area contributed by atoms with Gasteiger partial charge in [-0.05, 0) is 50.1 Å². The van der Waals surface area contributed by atoms with E-state index in [4.69, 9.17) is 0 Å². The molecule has 2 atom stereocenters. The summed E-state index contributed by atoms with van der Waals surface area (Å²) >= 11 is 0. The van der Waals surface area contributed by atoms with Crippen molar-refractivity contribution in [2.75, 3.05) is 13.2 Å². The fourth-order valence-electron chi connectivity index (χ4n) is 4.98. The molecule has 7 nitrogen and oxygen atoms in total. The quantitative estimate of drug-likeness (QED) is 0.553. The Labute approximate surface area is 205 Å². The zero-order chi connectivity index (χ0) is 25.8. The summed E-state index contributed by atoms with van der Waals surface area (Å²) in [5.74, 6) is 0.461. The SMILES string of the molecule is C=C1c2c(C)c(C(O)CO)nn2CCN1C1=C(C)CC(c2ncc3cc(C(F)(F)F)ccc3n2)C=C1. The van der Waals surface area contributed by atoms with Crippen LogP contribution >= 0.6 is 0 Å². The van der Waals surface area contributed by atoms with E-state index < -0.39 is 24.5 Å². The third-order valence-corrected chi connectivity index (χ3v) is 6.85. The van der Waals surface area contributed by atoms with Crippen LogP contribution in [0.3, 0.4) is 0 Å². The van der Waals surface area contributed by atoms with Gasteiger partial charge < -0.3 is 15.1 Å². The van der Waals surface area contributed by atoms with E-state index in [9.17, 15) is 23.4 Å². The number of benzene rings is 1. The average molecular weight is 498 g/mol. The second kappa shape index (κ2) is 8.86. The maximum absolute atomic E-state index is 13.0. The standard InChI is InChI=1S/C26H26F3N5O2/c1-14-10-17(25-30-12-18-11-19(26(27,28)29)5-6-20(18)31-25)4-7-21(14)33-8-9-34-24(16(33)3)15(2)23(32-34)22(36)13-35/h4-7,11-12,17,22,35-36H,3,8-10,13H2,1-2H3. The first-order valence-electron chi connectivity index (χ1n) is 11.6. The number of nitrogens with zero attached hydrogens (tertiary/aromatic N) is 5. The van der Waals surface area contributed by atoms with E-state index in [2.05, 4.69) is 26.5 Å². The minimum absolute atomic E-state index is 0.0999. The number of allylic oxidation sites excluding steroid dienone is 3. The number of halogens is 3. The predicted molar refractivity (Wildman–Crippen MR) is 128 cm³/mol. The number of rotatable bonds is 4. The summed E-state index contributed by atoms with van der Waals surface area (Å²) in [5.41, 5.74) is 4.73. The van der Waals surface area contributed by atoms with Crippen LogP contribution in [0.2, 0.25) is 0 Å². The molecule has 0 saturated carbocycles.